The van der Waals surface area contributed by atoms with Gasteiger partial charge >= 0.3 is 0 Å². The van der Waals surface area contributed by atoms with Gasteiger partial charge in [-0.15, -0.1) is 11.3 Å². The van der Waals surface area contributed by atoms with E-state index in [4.69, 9.17) is 0 Å². The first kappa shape index (κ1) is 10.3. The molecule has 0 saturated carbocycles. The van der Waals surface area contributed by atoms with Gasteiger partial charge in [0.25, 0.3) is 0 Å². The van der Waals surface area contributed by atoms with Crippen molar-refractivity contribution in [3.8, 4) is 10.7 Å². The standard InChI is InChI=1S/C10H12N4S2/c1-2-8(16-4-1)10-12-9(13-14-10)7-6-15-5-3-11-7/h1-2,4,7,11H,3,5-6H2,(H,12,13,14). The number of rotatable bonds is 2. The molecule has 0 amide bonds. The minimum atomic E-state index is 0.319. The zero-order valence-electron chi connectivity index (χ0n) is 8.64. The molecule has 3 rings (SSSR count). The molecule has 0 radical (unpaired) electrons. The SMILES string of the molecule is c1csc(-c2n[nH]c(C3CSCCN3)n2)c1. The van der Waals surface area contributed by atoms with Crippen LogP contribution in [0.25, 0.3) is 10.7 Å². The summed E-state index contributed by atoms with van der Waals surface area (Å²) in [6.45, 7) is 1.05. The van der Waals surface area contributed by atoms with Crippen LogP contribution >= 0.6 is 23.1 Å². The molecule has 84 valence electrons. The lowest BCUT2D eigenvalue weighted by Crippen LogP contribution is -2.31. The topological polar surface area (TPSA) is 53.6 Å². The van der Waals surface area contributed by atoms with Gasteiger partial charge in [0.15, 0.2) is 5.82 Å². The summed E-state index contributed by atoms with van der Waals surface area (Å²) in [5.74, 6) is 4.01. The van der Waals surface area contributed by atoms with E-state index in [1.165, 1.54) is 5.75 Å². The molecule has 0 bridgehead atoms. The number of nitrogens with zero attached hydrogens (tertiary/aromatic N) is 2. The third kappa shape index (κ3) is 2.00. The van der Waals surface area contributed by atoms with Crippen LogP contribution in [0.5, 0.6) is 0 Å². The highest BCUT2D eigenvalue weighted by Crippen LogP contribution is 2.24. The van der Waals surface area contributed by atoms with Crippen LogP contribution in [0.2, 0.25) is 0 Å². The van der Waals surface area contributed by atoms with Gasteiger partial charge in [0.1, 0.15) is 5.82 Å². The van der Waals surface area contributed by atoms with Gasteiger partial charge < -0.3 is 5.32 Å². The van der Waals surface area contributed by atoms with E-state index in [2.05, 4.69) is 20.5 Å². The highest BCUT2D eigenvalue weighted by atomic mass is 32.2. The number of aromatic amines is 1. The first-order valence-electron chi connectivity index (χ1n) is 5.21. The molecule has 16 heavy (non-hydrogen) atoms. The summed E-state index contributed by atoms with van der Waals surface area (Å²) in [6, 6.07) is 4.38. The molecule has 1 unspecified atom stereocenters. The van der Waals surface area contributed by atoms with Crippen LogP contribution < -0.4 is 5.32 Å². The van der Waals surface area contributed by atoms with E-state index in [0.717, 1.165) is 28.8 Å². The second-order valence-electron chi connectivity index (χ2n) is 3.60. The Morgan fingerprint density at radius 2 is 2.44 bits per heavy atom. The summed E-state index contributed by atoms with van der Waals surface area (Å²) in [4.78, 5) is 5.66. The fourth-order valence-electron chi connectivity index (χ4n) is 1.69. The molecule has 1 atom stereocenters. The number of nitrogens with one attached hydrogen (secondary N) is 2. The highest BCUT2D eigenvalue weighted by molar-refractivity contribution is 7.99. The molecule has 2 aromatic heterocycles. The van der Waals surface area contributed by atoms with Crippen LogP contribution in [-0.2, 0) is 0 Å². The second-order valence-corrected chi connectivity index (χ2v) is 5.70. The van der Waals surface area contributed by atoms with Gasteiger partial charge in [0.05, 0.1) is 10.9 Å². The van der Waals surface area contributed by atoms with Crippen molar-refractivity contribution in [1.82, 2.24) is 20.5 Å². The van der Waals surface area contributed by atoms with Crippen molar-refractivity contribution in [3.05, 3.63) is 23.3 Å². The van der Waals surface area contributed by atoms with Crippen LogP contribution in [0.3, 0.4) is 0 Å². The lowest BCUT2D eigenvalue weighted by molar-refractivity contribution is 0.566. The quantitative estimate of drug-likeness (QED) is 0.857. The smallest absolute Gasteiger partial charge is 0.191 e. The second kappa shape index (κ2) is 4.57. The molecule has 0 spiro atoms. The zero-order valence-corrected chi connectivity index (χ0v) is 10.3. The van der Waals surface area contributed by atoms with Crippen LogP contribution in [0.15, 0.2) is 17.5 Å². The van der Waals surface area contributed by atoms with Gasteiger partial charge in [-0.2, -0.15) is 16.9 Å². The van der Waals surface area contributed by atoms with E-state index in [0.29, 0.717) is 6.04 Å². The zero-order chi connectivity index (χ0) is 10.8. The molecule has 1 aliphatic heterocycles. The molecular weight excluding hydrogens is 240 g/mol. The lowest BCUT2D eigenvalue weighted by Gasteiger charge is -2.20. The molecule has 0 aliphatic carbocycles. The Bertz CT molecular complexity index is 445. The van der Waals surface area contributed by atoms with E-state index in [-0.39, 0.29) is 0 Å². The number of hydrogen-bond donors (Lipinski definition) is 2. The van der Waals surface area contributed by atoms with Crippen molar-refractivity contribution in [2.45, 2.75) is 6.04 Å². The summed E-state index contributed by atoms with van der Waals surface area (Å²) in [5.41, 5.74) is 0. The normalized spacial score (nSPS) is 21.1. The van der Waals surface area contributed by atoms with Crippen molar-refractivity contribution in [2.24, 2.45) is 0 Å². The Balaban J connectivity index is 1.82. The first-order valence-corrected chi connectivity index (χ1v) is 7.24. The van der Waals surface area contributed by atoms with E-state index in [1.807, 2.05) is 29.3 Å². The number of thioether (sulfide) groups is 1. The van der Waals surface area contributed by atoms with Gasteiger partial charge in [-0.25, -0.2) is 4.98 Å². The Kier molecular flexibility index (Phi) is 2.94. The fraction of sp³-hybridized carbons (Fsp3) is 0.400. The van der Waals surface area contributed by atoms with Crippen molar-refractivity contribution in [2.75, 3.05) is 18.1 Å². The number of hydrogen-bond acceptors (Lipinski definition) is 5. The fourth-order valence-corrected chi connectivity index (χ4v) is 3.29. The van der Waals surface area contributed by atoms with E-state index < -0.39 is 0 Å². The van der Waals surface area contributed by atoms with Gasteiger partial charge in [0.2, 0.25) is 0 Å². The van der Waals surface area contributed by atoms with Crippen molar-refractivity contribution in [1.29, 1.82) is 0 Å². The van der Waals surface area contributed by atoms with Crippen LogP contribution in [0.4, 0.5) is 0 Å². The van der Waals surface area contributed by atoms with E-state index >= 15 is 0 Å². The summed E-state index contributed by atoms with van der Waals surface area (Å²) in [6.07, 6.45) is 0. The predicted octanol–water partition coefficient (Wildman–Crippen LogP) is 1.91. The molecule has 6 heteroatoms. The first-order chi connectivity index (χ1) is 7.93. The van der Waals surface area contributed by atoms with Crippen LogP contribution in [-0.4, -0.2) is 33.2 Å². The molecule has 1 saturated heterocycles. The summed E-state index contributed by atoms with van der Waals surface area (Å²) in [7, 11) is 0. The molecular formula is C10H12N4S2. The summed E-state index contributed by atoms with van der Waals surface area (Å²) in [5, 5.41) is 12.8. The maximum Gasteiger partial charge on any atom is 0.191 e. The third-order valence-corrected chi connectivity index (χ3v) is 4.42. The van der Waals surface area contributed by atoms with Gasteiger partial charge in [-0.05, 0) is 11.4 Å². The Hall–Kier alpha value is -0.850. The molecule has 0 aromatic carbocycles. The largest absolute Gasteiger partial charge is 0.306 e. The van der Waals surface area contributed by atoms with Crippen LogP contribution in [0.1, 0.15) is 11.9 Å². The molecule has 1 fully saturated rings. The van der Waals surface area contributed by atoms with Crippen molar-refractivity contribution < 1.29 is 0 Å². The molecule has 2 aromatic rings. The maximum absolute atomic E-state index is 4.54. The minimum Gasteiger partial charge on any atom is -0.306 e. The van der Waals surface area contributed by atoms with Gasteiger partial charge in [-0.3, -0.25) is 5.10 Å². The Labute approximate surface area is 102 Å². The molecule has 2 N–H and O–H groups in total. The van der Waals surface area contributed by atoms with E-state index in [9.17, 15) is 0 Å². The van der Waals surface area contributed by atoms with E-state index in [1.54, 1.807) is 11.3 Å². The number of aromatic nitrogens is 3. The molecule has 1 aliphatic rings. The number of H-pyrrole nitrogens is 1. The molecule has 4 nitrogen and oxygen atoms in total. The minimum absolute atomic E-state index is 0.319. The Morgan fingerprint density at radius 3 is 3.19 bits per heavy atom. The monoisotopic (exact) mass is 252 g/mol. The van der Waals surface area contributed by atoms with Gasteiger partial charge in [-0.1, -0.05) is 6.07 Å². The van der Waals surface area contributed by atoms with Crippen LogP contribution in [0, 0.1) is 0 Å². The lowest BCUT2D eigenvalue weighted by atomic mass is 10.3. The van der Waals surface area contributed by atoms with Gasteiger partial charge in [0, 0.05) is 18.1 Å². The third-order valence-electron chi connectivity index (χ3n) is 2.50. The highest BCUT2D eigenvalue weighted by Gasteiger charge is 2.19. The average molecular weight is 252 g/mol. The van der Waals surface area contributed by atoms with Crippen molar-refractivity contribution in [3.63, 3.8) is 0 Å². The predicted molar refractivity (Wildman–Crippen MR) is 67.8 cm³/mol. The maximum atomic E-state index is 4.54. The summed E-state index contributed by atoms with van der Waals surface area (Å²) < 4.78 is 0. The summed E-state index contributed by atoms with van der Waals surface area (Å²) >= 11 is 3.62. The average Bonchev–Trinajstić information content (AvgIpc) is 3.01. The van der Waals surface area contributed by atoms with Crippen molar-refractivity contribution >= 4 is 23.1 Å². The molecule has 3 heterocycles. The Morgan fingerprint density at radius 1 is 1.44 bits per heavy atom. The number of thiophene rings is 1.